The van der Waals surface area contributed by atoms with Crippen molar-refractivity contribution in [1.29, 1.82) is 0 Å². The second kappa shape index (κ2) is 3.69. The minimum Gasteiger partial charge on any atom is -0.245 e. The summed E-state index contributed by atoms with van der Waals surface area (Å²) in [7, 11) is 0. The molecule has 0 radical (unpaired) electrons. The lowest BCUT2D eigenvalue weighted by Gasteiger charge is -1.95. The third kappa shape index (κ3) is 2.22. The van der Waals surface area contributed by atoms with Gasteiger partial charge < -0.3 is 0 Å². The molecule has 0 atom stereocenters. The number of alkyl halides is 1. The molecule has 0 saturated carbocycles. The molecule has 0 aromatic carbocycles. The molecule has 1 rings (SSSR count). The fourth-order valence-corrected chi connectivity index (χ4v) is 1.71. The van der Waals surface area contributed by atoms with Crippen molar-refractivity contribution in [3.05, 3.63) is 27.5 Å². The second-order valence-electron chi connectivity index (χ2n) is 1.73. The largest absolute Gasteiger partial charge is 0.245 e. The van der Waals surface area contributed by atoms with Gasteiger partial charge in [0.2, 0.25) is 0 Å². The maximum Gasteiger partial charge on any atom is 0.107 e. The van der Waals surface area contributed by atoms with Crippen molar-refractivity contribution >= 4 is 43.5 Å². The predicted molar refractivity (Wildman–Crippen MR) is 49.6 cm³/mol. The number of hydrogen-bond donors (Lipinski definition) is 0. The van der Waals surface area contributed by atoms with Gasteiger partial charge in [0.25, 0.3) is 0 Å². The minimum absolute atomic E-state index is 0.705. The molecular formula is C6H4Br2ClN. The van der Waals surface area contributed by atoms with E-state index in [-0.39, 0.29) is 0 Å². The van der Waals surface area contributed by atoms with Gasteiger partial charge in [-0.1, -0.05) is 27.5 Å². The van der Waals surface area contributed by atoms with Crippen molar-refractivity contribution in [1.82, 2.24) is 4.98 Å². The predicted octanol–water partition coefficient (Wildman–Crippen LogP) is 3.39. The number of aromatic nitrogens is 1. The summed E-state index contributed by atoms with van der Waals surface area (Å²) in [4.78, 5) is 4.14. The third-order valence-corrected chi connectivity index (χ3v) is 2.15. The van der Waals surface area contributed by atoms with Crippen LogP contribution in [0.25, 0.3) is 0 Å². The van der Waals surface area contributed by atoms with E-state index < -0.39 is 0 Å². The Morgan fingerprint density at radius 3 is 2.70 bits per heavy atom. The van der Waals surface area contributed by atoms with Gasteiger partial charge in [0.05, 0.1) is 5.69 Å². The Morgan fingerprint density at radius 1 is 1.50 bits per heavy atom. The van der Waals surface area contributed by atoms with E-state index in [4.69, 9.17) is 11.6 Å². The number of hydrogen-bond acceptors (Lipinski definition) is 1. The Morgan fingerprint density at radius 2 is 2.20 bits per heavy atom. The molecule has 0 unspecified atom stereocenters. The van der Waals surface area contributed by atoms with Crippen molar-refractivity contribution in [3.8, 4) is 0 Å². The first-order valence-electron chi connectivity index (χ1n) is 2.60. The molecule has 1 aromatic rings. The summed E-state index contributed by atoms with van der Waals surface area (Å²) in [6, 6.07) is 3.58. The van der Waals surface area contributed by atoms with E-state index in [0.717, 1.165) is 15.6 Å². The Labute approximate surface area is 81.1 Å². The van der Waals surface area contributed by atoms with E-state index in [0.29, 0.717) is 5.02 Å². The summed E-state index contributed by atoms with van der Waals surface area (Å²) in [6.45, 7) is 0. The van der Waals surface area contributed by atoms with E-state index in [2.05, 4.69) is 36.8 Å². The Kier molecular flexibility index (Phi) is 3.14. The highest BCUT2D eigenvalue weighted by atomic mass is 79.9. The highest BCUT2D eigenvalue weighted by Gasteiger charge is 1.96. The smallest absolute Gasteiger partial charge is 0.107 e. The van der Waals surface area contributed by atoms with Gasteiger partial charge in [0, 0.05) is 10.4 Å². The van der Waals surface area contributed by atoms with Gasteiger partial charge in [-0.25, -0.2) is 4.98 Å². The van der Waals surface area contributed by atoms with E-state index in [1.807, 2.05) is 6.07 Å². The first kappa shape index (κ1) is 8.50. The van der Waals surface area contributed by atoms with Crippen LogP contribution in [0.15, 0.2) is 16.7 Å². The Hall–Kier alpha value is 0.400. The van der Waals surface area contributed by atoms with Crippen molar-refractivity contribution in [3.63, 3.8) is 0 Å². The van der Waals surface area contributed by atoms with Gasteiger partial charge in [-0.2, -0.15) is 0 Å². The maximum atomic E-state index is 5.74. The number of rotatable bonds is 1. The summed E-state index contributed by atoms with van der Waals surface area (Å²) in [5, 5.41) is 1.43. The molecule has 4 heteroatoms. The van der Waals surface area contributed by atoms with Crippen LogP contribution in [0.4, 0.5) is 0 Å². The van der Waals surface area contributed by atoms with Crippen molar-refractivity contribution in [2.45, 2.75) is 5.33 Å². The number of halogens is 3. The van der Waals surface area contributed by atoms with Crippen molar-refractivity contribution in [2.75, 3.05) is 0 Å². The number of pyridine rings is 1. The average Bonchev–Trinajstić information content (AvgIpc) is 1.85. The number of nitrogens with zero attached hydrogens (tertiary/aromatic N) is 1. The van der Waals surface area contributed by atoms with Crippen LogP contribution in [0, 0.1) is 0 Å². The van der Waals surface area contributed by atoms with Gasteiger partial charge in [-0.05, 0) is 28.1 Å². The van der Waals surface area contributed by atoms with E-state index >= 15 is 0 Å². The molecule has 0 bridgehead atoms. The zero-order chi connectivity index (χ0) is 7.56. The molecule has 0 spiro atoms. The lowest BCUT2D eigenvalue weighted by atomic mass is 10.4. The Balaban J connectivity index is 3.06. The summed E-state index contributed by atoms with van der Waals surface area (Å²) < 4.78 is 0.773. The van der Waals surface area contributed by atoms with E-state index in [1.165, 1.54) is 0 Å². The second-order valence-corrected chi connectivity index (χ2v) is 3.54. The lowest BCUT2D eigenvalue weighted by Crippen LogP contribution is -1.84. The van der Waals surface area contributed by atoms with Crippen LogP contribution in [0.5, 0.6) is 0 Å². The maximum absolute atomic E-state index is 5.74. The fourth-order valence-electron chi connectivity index (χ4n) is 0.585. The van der Waals surface area contributed by atoms with Crippen LogP contribution >= 0.6 is 43.5 Å². The first-order chi connectivity index (χ1) is 4.72. The van der Waals surface area contributed by atoms with Crippen molar-refractivity contribution in [2.24, 2.45) is 0 Å². The van der Waals surface area contributed by atoms with Crippen LogP contribution in [-0.4, -0.2) is 4.98 Å². The molecule has 0 saturated heterocycles. The molecular weight excluding hydrogens is 281 g/mol. The van der Waals surface area contributed by atoms with Gasteiger partial charge >= 0.3 is 0 Å². The van der Waals surface area contributed by atoms with Crippen LogP contribution in [0.1, 0.15) is 5.69 Å². The van der Waals surface area contributed by atoms with E-state index in [1.54, 1.807) is 6.07 Å². The van der Waals surface area contributed by atoms with Gasteiger partial charge in [-0.15, -0.1) is 0 Å². The fraction of sp³-hybridized carbons (Fsp3) is 0.167. The Bertz CT molecular complexity index is 219. The quantitative estimate of drug-likeness (QED) is 0.569. The minimum atomic E-state index is 0.705. The van der Waals surface area contributed by atoms with Crippen molar-refractivity contribution < 1.29 is 0 Å². The molecule has 0 N–H and O–H groups in total. The zero-order valence-corrected chi connectivity index (χ0v) is 8.87. The highest BCUT2D eigenvalue weighted by Crippen LogP contribution is 2.17. The molecule has 0 fully saturated rings. The summed E-state index contributed by atoms with van der Waals surface area (Å²) in [5.41, 5.74) is 0.930. The van der Waals surface area contributed by atoms with Crippen LogP contribution in [0.3, 0.4) is 0 Å². The molecule has 1 heterocycles. The topological polar surface area (TPSA) is 12.9 Å². The van der Waals surface area contributed by atoms with Crippen LogP contribution < -0.4 is 0 Å². The summed E-state index contributed by atoms with van der Waals surface area (Å²) in [5.74, 6) is 0. The molecule has 54 valence electrons. The molecule has 0 aliphatic rings. The normalized spacial score (nSPS) is 9.90. The monoisotopic (exact) mass is 283 g/mol. The molecule has 1 nitrogen and oxygen atoms in total. The molecule has 1 aromatic heterocycles. The molecule has 0 amide bonds. The highest BCUT2D eigenvalue weighted by molar-refractivity contribution is 9.10. The summed E-state index contributed by atoms with van der Waals surface area (Å²) >= 11 is 12.3. The zero-order valence-electron chi connectivity index (χ0n) is 4.94. The van der Waals surface area contributed by atoms with Gasteiger partial charge in [0.15, 0.2) is 0 Å². The van der Waals surface area contributed by atoms with Gasteiger partial charge in [0.1, 0.15) is 4.60 Å². The first-order valence-corrected chi connectivity index (χ1v) is 4.89. The summed E-state index contributed by atoms with van der Waals surface area (Å²) in [6.07, 6.45) is 0. The van der Waals surface area contributed by atoms with Crippen LogP contribution in [0.2, 0.25) is 5.02 Å². The van der Waals surface area contributed by atoms with Crippen LogP contribution in [-0.2, 0) is 5.33 Å². The average molecular weight is 285 g/mol. The third-order valence-electron chi connectivity index (χ3n) is 0.949. The molecule has 0 aliphatic carbocycles. The SMILES string of the molecule is Clc1cc(Br)nc(CBr)c1. The van der Waals surface area contributed by atoms with E-state index in [9.17, 15) is 0 Å². The standard InChI is InChI=1S/C6H4Br2ClN/c7-3-5-1-4(9)2-6(8)10-5/h1-2H,3H2. The molecule has 10 heavy (non-hydrogen) atoms. The van der Waals surface area contributed by atoms with Gasteiger partial charge in [-0.3, -0.25) is 0 Å². The lowest BCUT2D eigenvalue weighted by molar-refractivity contribution is 1.15. The molecule has 0 aliphatic heterocycles.